The summed E-state index contributed by atoms with van der Waals surface area (Å²) in [5.41, 5.74) is 4.34. The van der Waals surface area contributed by atoms with Crippen molar-refractivity contribution in [2.45, 2.75) is 13.5 Å². The second-order valence-corrected chi connectivity index (χ2v) is 5.88. The fourth-order valence-electron chi connectivity index (χ4n) is 2.37. The van der Waals surface area contributed by atoms with Gasteiger partial charge in [0.2, 0.25) is 0 Å². The molecule has 1 aromatic heterocycles. The number of nitrogens with zero attached hydrogens (tertiary/aromatic N) is 2. The third kappa shape index (κ3) is 3.03. The molecule has 3 nitrogen and oxygen atoms in total. The van der Waals surface area contributed by atoms with E-state index in [1.165, 1.54) is 0 Å². The van der Waals surface area contributed by atoms with Crippen molar-refractivity contribution in [3.8, 4) is 11.3 Å². The molecule has 2 aromatic carbocycles. The molecule has 0 fully saturated rings. The fourth-order valence-corrected chi connectivity index (χ4v) is 3.31. The van der Waals surface area contributed by atoms with Crippen LogP contribution in [0.5, 0.6) is 0 Å². The zero-order valence-corrected chi connectivity index (χ0v) is 13.3. The van der Waals surface area contributed by atoms with Crippen LogP contribution in [0.2, 0.25) is 0 Å². The Balaban J connectivity index is 2.14. The number of aliphatic hydroxyl groups excluding tert-OH is 1. The Morgan fingerprint density at radius 1 is 1.05 bits per heavy atom. The standard InChI is InChI=1S/C18H18N2OS/c1-14-7-5-6-10-16(14)19-18-20(11-12-21)17(13-22-18)15-8-3-2-4-9-15/h2-10,13,21H,11-12H2,1H3. The monoisotopic (exact) mass is 310 g/mol. The minimum Gasteiger partial charge on any atom is -0.395 e. The molecular weight excluding hydrogens is 292 g/mol. The van der Waals surface area contributed by atoms with Crippen molar-refractivity contribution in [3.05, 3.63) is 70.3 Å². The Kier molecular flexibility index (Phi) is 4.51. The average molecular weight is 310 g/mol. The maximum Gasteiger partial charge on any atom is 0.190 e. The Hall–Kier alpha value is -2.17. The van der Waals surface area contributed by atoms with E-state index in [1.807, 2.05) is 36.4 Å². The zero-order chi connectivity index (χ0) is 15.4. The van der Waals surface area contributed by atoms with Gasteiger partial charge >= 0.3 is 0 Å². The lowest BCUT2D eigenvalue weighted by Gasteiger charge is -2.07. The minimum atomic E-state index is 0.0948. The molecule has 112 valence electrons. The molecule has 0 saturated carbocycles. The number of benzene rings is 2. The Morgan fingerprint density at radius 2 is 1.77 bits per heavy atom. The highest BCUT2D eigenvalue weighted by molar-refractivity contribution is 7.07. The SMILES string of the molecule is Cc1ccccc1N=c1scc(-c2ccccc2)n1CCO. The van der Waals surface area contributed by atoms with E-state index in [0.717, 1.165) is 27.3 Å². The van der Waals surface area contributed by atoms with Gasteiger partial charge in [0.05, 0.1) is 18.0 Å². The highest BCUT2D eigenvalue weighted by Crippen LogP contribution is 2.21. The molecule has 0 unspecified atom stereocenters. The first-order chi connectivity index (χ1) is 10.8. The van der Waals surface area contributed by atoms with E-state index in [9.17, 15) is 5.11 Å². The van der Waals surface area contributed by atoms with E-state index in [2.05, 4.69) is 35.1 Å². The molecule has 0 spiro atoms. The smallest absolute Gasteiger partial charge is 0.190 e. The van der Waals surface area contributed by atoms with E-state index in [1.54, 1.807) is 11.3 Å². The largest absolute Gasteiger partial charge is 0.395 e. The van der Waals surface area contributed by atoms with Crippen molar-refractivity contribution >= 4 is 17.0 Å². The van der Waals surface area contributed by atoms with Crippen LogP contribution in [0.1, 0.15) is 5.56 Å². The van der Waals surface area contributed by atoms with Gasteiger partial charge in [-0.15, -0.1) is 11.3 Å². The van der Waals surface area contributed by atoms with Crippen molar-refractivity contribution in [2.24, 2.45) is 4.99 Å². The highest BCUT2D eigenvalue weighted by Gasteiger charge is 2.07. The number of thiazole rings is 1. The van der Waals surface area contributed by atoms with E-state index < -0.39 is 0 Å². The van der Waals surface area contributed by atoms with Gasteiger partial charge in [-0.05, 0) is 24.1 Å². The van der Waals surface area contributed by atoms with Crippen molar-refractivity contribution in [2.75, 3.05) is 6.61 Å². The molecule has 1 N–H and O–H groups in total. The summed E-state index contributed by atoms with van der Waals surface area (Å²) in [6.07, 6.45) is 0. The van der Waals surface area contributed by atoms with Gasteiger partial charge in [-0.2, -0.15) is 0 Å². The third-order valence-electron chi connectivity index (χ3n) is 3.52. The van der Waals surface area contributed by atoms with Crippen LogP contribution in [0.15, 0.2) is 65.0 Å². The van der Waals surface area contributed by atoms with Crippen LogP contribution in [0.4, 0.5) is 5.69 Å². The molecule has 1 heterocycles. The van der Waals surface area contributed by atoms with Gasteiger partial charge < -0.3 is 9.67 Å². The Labute approximate surface area is 133 Å². The first-order valence-electron chi connectivity index (χ1n) is 7.24. The minimum absolute atomic E-state index is 0.0948. The Bertz CT molecular complexity index is 818. The molecule has 0 atom stereocenters. The number of para-hydroxylation sites is 1. The topological polar surface area (TPSA) is 37.5 Å². The van der Waals surface area contributed by atoms with Crippen LogP contribution in [-0.4, -0.2) is 16.3 Å². The summed E-state index contributed by atoms with van der Waals surface area (Å²) in [6.45, 7) is 2.69. The Morgan fingerprint density at radius 3 is 2.50 bits per heavy atom. The lowest BCUT2D eigenvalue weighted by Crippen LogP contribution is -2.17. The molecule has 0 saturated heterocycles. The van der Waals surface area contributed by atoms with Gasteiger partial charge in [-0.3, -0.25) is 0 Å². The van der Waals surface area contributed by atoms with Crippen LogP contribution in [0, 0.1) is 6.92 Å². The van der Waals surface area contributed by atoms with Crippen molar-refractivity contribution in [1.82, 2.24) is 4.57 Å². The molecule has 0 amide bonds. The average Bonchev–Trinajstić information content (AvgIpc) is 2.94. The second kappa shape index (κ2) is 6.73. The number of aliphatic hydroxyl groups is 1. The predicted molar refractivity (Wildman–Crippen MR) is 91.2 cm³/mol. The van der Waals surface area contributed by atoms with E-state index in [4.69, 9.17) is 4.99 Å². The van der Waals surface area contributed by atoms with E-state index in [-0.39, 0.29) is 6.61 Å². The van der Waals surface area contributed by atoms with Gasteiger partial charge in [-0.25, -0.2) is 4.99 Å². The highest BCUT2D eigenvalue weighted by atomic mass is 32.1. The summed E-state index contributed by atoms with van der Waals surface area (Å²) in [7, 11) is 0. The van der Waals surface area contributed by atoms with E-state index >= 15 is 0 Å². The normalized spacial score (nSPS) is 11.8. The zero-order valence-electron chi connectivity index (χ0n) is 12.4. The molecule has 4 heteroatoms. The van der Waals surface area contributed by atoms with Crippen LogP contribution in [-0.2, 0) is 6.54 Å². The molecule has 0 aliphatic rings. The third-order valence-corrected chi connectivity index (χ3v) is 4.39. The molecule has 0 aliphatic carbocycles. The predicted octanol–water partition coefficient (Wildman–Crippen LogP) is 3.75. The first-order valence-corrected chi connectivity index (χ1v) is 8.12. The number of hydrogen-bond acceptors (Lipinski definition) is 3. The van der Waals surface area contributed by atoms with Gasteiger partial charge in [-0.1, -0.05) is 48.5 Å². The number of aryl methyl sites for hydroxylation is 1. The van der Waals surface area contributed by atoms with Crippen LogP contribution >= 0.6 is 11.3 Å². The maximum absolute atomic E-state index is 9.40. The fraction of sp³-hybridized carbons (Fsp3) is 0.167. The molecule has 0 bridgehead atoms. The van der Waals surface area contributed by atoms with Gasteiger partial charge in [0.1, 0.15) is 0 Å². The summed E-state index contributed by atoms with van der Waals surface area (Å²) < 4.78 is 2.08. The maximum atomic E-state index is 9.40. The molecule has 22 heavy (non-hydrogen) atoms. The van der Waals surface area contributed by atoms with Gasteiger partial charge in [0, 0.05) is 11.9 Å². The lowest BCUT2D eigenvalue weighted by molar-refractivity contribution is 0.275. The van der Waals surface area contributed by atoms with Crippen LogP contribution < -0.4 is 4.80 Å². The molecular formula is C18H18N2OS. The molecule has 3 aromatic rings. The number of aromatic nitrogens is 1. The molecule has 0 radical (unpaired) electrons. The summed E-state index contributed by atoms with van der Waals surface area (Å²) in [5, 5.41) is 11.5. The quantitative estimate of drug-likeness (QED) is 0.783. The van der Waals surface area contributed by atoms with Crippen LogP contribution in [0.25, 0.3) is 11.3 Å². The van der Waals surface area contributed by atoms with Crippen LogP contribution in [0.3, 0.4) is 0 Å². The first kappa shape index (κ1) is 14.8. The second-order valence-electron chi connectivity index (χ2n) is 5.04. The molecule has 3 rings (SSSR count). The van der Waals surface area contributed by atoms with E-state index in [0.29, 0.717) is 6.54 Å². The summed E-state index contributed by atoms with van der Waals surface area (Å²) in [5.74, 6) is 0. The summed E-state index contributed by atoms with van der Waals surface area (Å²) >= 11 is 1.60. The van der Waals surface area contributed by atoms with Crippen molar-refractivity contribution in [3.63, 3.8) is 0 Å². The number of hydrogen-bond donors (Lipinski definition) is 1. The number of rotatable bonds is 4. The van der Waals surface area contributed by atoms with Crippen molar-refractivity contribution in [1.29, 1.82) is 0 Å². The summed E-state index contributed by atoms with van der Waals surface area (Å²) in [6, 6.07) is 18.3. The van der Waals surface area contributed by atoms with Gasteiger partial charge in [0.25, 0.3) is 0 Å². The summed E-state index contributed by atoms with van der Waals surface area (Å²) in [4.78, 5) is 5.68. The molecule has 0 aliphatic heterocycles. The van der Waals surface area contributed by atoms with Crippen molar-refractivity contribution < 1.29 is 5.11 Å². The van der Waals surface area contributed by atoms with Gasteiger partial charge in [0.15, 0.2) is 4.80 Å². The lowest BCUT2D eigenvalue weighted by atomic mass is 10.2.